The molecule has 1 aromatic carbocycles. The first-order valence-corrected chi connectivity index (χ1v) is 13.4. The summed E-state index contributed by atoms with van der Waals surface area (Å²) in [6, 6.07) is 7.83. The number of carbonyl (C=O) groups excluding carboxylic acids is 3. The molecule has 0 aromatic heterocycles. The number of hydrogen-bond acceptors (Lipinski definition) is 6. The number of unbranched alkanes of at least 4 members (excludes halogenated alkanes) is 1. The van der Waals surface area contributed by atoms with Crippen LogP contribution in [-0.4, -0.2) is 68.4 Å². The van der Waals surface area contributed by atoms with Crippen LogP contribution in [0.5, 0.6) is 0 Å². The van der Waals surface area contributed by atoms with E-state index in [1.165, 1.54) is 0 Å². The number of halogens is 1. The molecule has 3 saturated heterocycles. The van der Waals surface area contributed by atoms with Crippen molar-refractivity contribution in [2.75, 3.05) is 19.8 Å². The second kappa shape index (κ2) is 9.96. The summed E-state index contributed by atoms with van der Waals surface area (Å²) in [5, 5.41) is 13.3. The van der Waals surface area contributed by atoms with E-state index in [9.17, 15) is 19.5 Å². The van der Waals surface area contributed by atoms with Gasteiger partial charge in [0.1, 0.15) is 6.04 Å². The standard InChI is InChI=1S/C24H31BrN2O5S/c1-3-5-11-26-21(29)20-24-12-15(25)19(33-24)17(23(31)32-4-2)18(24)22(30)27(20)16(13-28)14-9-7-6-8-10-14/h6-10,15-20,28H,3-5,11-13H2,1-2H3,(H,26,29)/t15?,16-,17-,18+,19-,20?,24?/m1/s1. The molecule has 180 valence electrons. The first-order valence-electron chi connectivity index (χ1n) is 11.6. The first kappa shape index (κ1) is 24.5. The zero-order chi connectivity index (χ0) is 23.8. The van der Waals surface area contributed by atoms with Gasteiger partial charge >= 0.3 is 5.97 Å². The zero-order valence-electron chi connectivity index (χ0n) is 18.9. The number of alkyl halides is 1. The van der Waals surface area contributed by atoms with Crippen molar-refractivity contribution in [3.05, 3.63) is 35.9 Å². The van der Waals surface area contributed by atoms with Gasteiger partial charge in [-0.05, 0) is 25.3 Å². The Balaban J connectivity index is 1.78. The minimum atomic E-state index is -0.779. The number of aliphatic hydroxyl groups is 1. The summed E-state index contributed by atoms with van der Waals surface area (Å²) < 4.78 is 4.62. The summed E-state index contributed by atoms with van der Waals surface area (Å²) in [4.78, 5) is 42.2. The average Bonchev–Trinajstić information content (AvgIpc) is 3.39. The maximum atomic E-state index is 14.0. The Bertz CT molecular complexity index is 902. The fraction of sp³-hybridized carbons (Fsp3) is 0.625. The number of esters is 1. The molecule has 3 aliphatic rings. The van der Waals surface area contributed by atoms with Crippen molar-refractivity contribution >= 4 is 45.5 Å². The van der Waals surface area contributed by atoms with Gasteiger partial charge in [-0.25, -0.2) is 0 Å². The molecule has 3 heterocycles. The molecule has 1 spiro atoms. The molecule has 3 fully saturated rings. The van der Waals surface area contributed by atoms with Crippen molar-refractivity contribution in [1.29, 1.82) is 0 Å². The maximum Gasteiger partial charge on any atom is 0.310 e. The van der Waals surface area contributed by atoms with E-state index in [-0.39, 0.29) is 41.1 Å². The molecule has 33 heavy (non-hydrogen) atoms. The highest BCUT2D eigenvalue weighted by Crippen LogP contribution is 2.68. The molecule has 0 radical (unpaired) electrons. The topological polar surface area (TPSA) is 95.9 Å². The lowest BCUT2D eigenvalue weighted by Gasteiger charge is -2.37. The fourth-order valence-corrected chi connectivity index (χ4v) is 9.31. The Labute approximate surface area is 207 Å². The van der Waals surface area contributed by atoms with Crippen molar-refractivity contribution in [2.24, 2.45) is 11.8 Å². The van der Waals surface area contributed by atoms with Gasteiger partial charge in [-0.3, -0.25) is 14.4 Å². The van der Waals surface area contributed by atoms with Gasteiger partial charge in [0.25, 0.3) is 0 Å². The Kier molecular flexibility index (Phi) is 7.41. The maximum absolute atomic E-state index is 14.0. The lowest BCUT2D eigenvalue weighted by molar-refractivity contribution is -0.154. The quantitative estimate of drug-likeness (QED) is 0.285. The van der Waals surface area contributed by atoms with E-state index < -0.39 is 28.7 Å². The predicted octanol–water partition coefficient (Wildman–Crippen LogP) is 2.66. The fourth-order valence-electron chi connectivity index (χ4n) is 5.73. The highest BCUT2D eigenvalue weighted by atomic mass is 79.9. The van der Waals surface area contributed by atoms with Crippen LogP contribution in [0.2, 0.25) is 0 Å². The Morgan fingerprint density at radius 3 is 2.70 bits per heavy atom. The molecule has 3 unspecified atom stereocenters. The SMILES string of the molecule is CCCCNC(=O)C1N([C@H](CO)c2ccccc2)C(=O)[C@@H]2[C@@H](C(=O)OCC)[C@@H]3SC12CC3Br. The number of hydrogen-bond donors (Lipinski definition) is 2. The summed E-state index contributed by atoms with van der Waals surface area (Å²) in [6.07, 6.45) is 2.38. The third-order valence-electron chi connectivity index (χ3n) is 7.06. The molecule has 2 N–H and O–H groups in total. The third-order valence-corrected chi connectivity index (χ3v) is 10.3. The summed E-state index contributed by atoms with van der Waals surface area (Å²) in [6.45, 7) is 4.26. The number of ether oxygens (including phenoxy) is 1. The van der Waals surface area contributed by atoms with Crippen molar-refractivity contribution in [3.8, 4) is 0 Å². The van der Waals surface area contributed by atoms with Crippen LogP contribution in [0.3, 0.4) is 0 Å². The molecular weight excluding hydrogens is 508 g/mol. The normalized spacial score (nSPS) is 33.2. The van der Waals surface area contributed by atoms with Crippen LogP contribution in [0.4, 0.5) is 0 Å². The highest BCUT2D eigenvalue weighted by molar-refractivity contribution is 9.09. The van der Waals surface area contributed by atoms with Gasteiger partial charge in [0.15, 0.2) is 0 Å². The smallest absolute Gasteiger partial charge is 0.310 e. The minimum absolute atomic E-state index is 0.00357. The van der Waals surface area contributed by atoms with Gasteiger partial charge in [-0.2, -0.15) is 0 Å². The lowest BCUT2D eigenvalue weighted by Crippen LogP contribution is -2.55. The Morgan fingerprint density at radius 1 is 1.33 bits per heavy atom. The molecule has 9 heteroatoms. The van der Waals surface area contributed by atoms with E-state index in [0.717, 1.165) is 18.4 Å². The number of thioether (sulfide) groups is 1. The summed E-state index contributed by atoms with van der Waals surface area (Å²) in [5.74, 6) is -2.12. The number of likely N-dealkylation sites (tertiary alicyclic amines) is 1. The zero-order valence-corrected chi connectivity index (χ0v) is 21.3. The van der Waals surface area contributed by atoms with Crippen molar-refractivity contribution in [1.82, 2.24) is 10.2 Å². The van der Waals surface area contributed by atoms with E-state index in [0.29, 0.717) is 13.0 Å². The van der Waals surface area contributed by atoms with E-state index in [2.05, 4.69) is 28.2 Å². The number of carbonyl (C=O) groups is 3. The number of aliphatic hydroxyl groups excluding tert-OH is 1. The number of rotatable bonds is 9. The van der Waals surface area contributed by atoms with Crippen molar-refractivity contribution in [3.63, 3.8) is 0 Å². The van der Waals surface area contributed by atoms with Gasteiger partial charge in [0, 0.05) is 16.6 Å². The van der Waals surface area contributed by atoms with Crippen LogP contribution < -0.4 is 5.32 Å². The molecule has 2 amide bonds. The Morgan fingerprint density at radius 2 is 2.06 bits per heavy atom. The first-order chi connectivity index (χ1) is 15.9. The van der Waals surface area contributed by atoms with Gasteiger partial charge in [-0.1, -0.05) is 59.6 Å². The van der Waals surface area contributed by atoms with Crippen LogP contribution in [0.15, 0.2) is 30.3 Å². The molecule has 2 bridgehead atoms. The molecule has 7 atom stereocenters. The number of nitrogens with zero attached hydrogens (tertiary/aromatic N) is 1. The minimum Gasteiger partial charge on any atom is -0.466 e. The Hall–Kier alpha value is -1.58. The van der Waals surface area contributed by atoms with Gasteiger partial charge in [0.05, 0.1) is 35.8 Å². The summed E-state index contributed by atoms with van der Waals surface area (Å²) in [7, 11) is 0. The van der Waals surface area contributed by atoms with Crippen LogP contribution in [-0.2, 0) is 19.1 Å². The van der Waals surface area contributed by atoms with Crippen molar-refractivity contribution in [2.45, 2.75) is 60.0 Å². The third kappa shape index (κ3) is 4.00. The van der Waals surface area contributed by atoms with Gasteiger partial charge in [0.2, 0.25) is 11.8 Å². The van der Waals surface area contributed by atoms with Crippen LogP contribution >= 0.6 is 27.7 Å². The lowest BCUT2D eigenvalue weighted by atomic mass is 9.71. The second-order valence-electron chi connectivity index (χ2n) is 8.91. The predicted molar refractivity (Wildman–Crippen MR) is 130 cm³/mol. The summed E-state index contributed by atoms with van der Waals surface area (Å²) in [5.41, 5.74) is 0.763. The largest absolute Gasteiger partial charge is 0.466 e. The second-order valence-corrected chi connectivity index (χ2v) is 11.6. The van der Waals surface area contributed by atoms with E-state index in [1.54, 1.807) is 23.6 Å². The van der Waals surface area contributed by atoms with E-state index in [4.69, 9.17) is 4.74 Å². The van der Waals surface area contributed by atoms with Crippen LogP contribution in [0.1, 0.15) is 44.7 Å². The summed E-state index contributed by atoms with van der Waals surface area (Å²) >= 11 is 5.30. The van der Waals surface area contributed by atoms with Gasteiger partial charge in [-0.15, -0.1) is 11.8 Å². The van der Waals surface area contributed by atoms with Crippen LogP contribution in [0.25, 0.3) is 0 Å². The van der Waals surface area contributed by atoms with Crippen molar-refractivity contribution < 1.29 is 24.2 Å². The van der Waals surface area contributed by atoms with Crippen LogP contribution in [0, 0.1) is 11.8 Å². The molecule has 7 nitrogen and oxygen atoms in total. The molecular formula is C24H31BrN2O5S. The molecule has 4 rings (SSSR count). The molecule has 0 aliphatic carbocycles. The van der Waals surface area contributed by atoms with E-state index >= 15 is 0 Å². The number of benzene rings is 1. The molecule has 0 saturated carbocycles. The highest BCUT2D eigenvalue weighted by Gasteiger charge is 2.76. The number of amides is 2. The molecule has 1 aromatic rings. The monoisotopic (exact) mass is 538 g/mol. The molecule has 3 aliphatic heterocycles. The average molecular weight is 539 g/mol. The van der Waals surface area contributed by atoms with Gasteiger partial charge < -0.3 is 20.1 Å². The van der Waals surface area contributed by atoms with E-state index in [1.807, 2.05) is 30.3 Å². The number of nitrogens with one attached hydrogen (secondary N) is 1. The number of fused-ring (bicyclic) bond motifs is 1.